The molecule has 0 spiro atoms. The highest BCUT2D eigenvalue weighted by Gasteiger charge is 2.12. The van der Waals surface area contributed by atoms with Crippen LogP contribution in [0, 0.1) is 13.8 Å². The van der Waals surface area contributed by atoms with Gasteiger partial charge in [0.25, 0.3) is 0 Å². The van der Waals surface area contributed by atoms with Gasteiger partial charge in [0.2, 0.25) is 5.91 Å². The first kappa shape index (κ1) is 14.7. The molecule has 18 heavy (non-hydrogen) atoms. The maximum Gasteiger partial charge on any atom is 0.222 e. The average Bonchev–Trinajstić information content (AvgIpc) is 2.32. The SMILES string of the molecule is CCOCCC(=O)N[C@@H](C)c1cccc(C)c1C. The van der Waals surface area contributed by atoms with Crippen molar-refractivity contribution in [3.05, 3.63) is 34.9 Å². The van der Waals surface area contributed by atoms with Gasteiger partial charge in [-0.2, -0.15) is 0 Å². The Labute approximate surface area is 110 Å². The molecule has 0 heterocycles. The largest absolute Gasteiger partial charge is 0.381 e. The summed E-state index contributed by atoms with van der Waals surface area (Å²) in [6.45, 7) is 9.26. The fraction of sp³-hybridized carbons (Fsp3) is 0.533. The first-order valence-corrected chi connectivity index (χ1v) is 6.49. The highest BCUT2D eigenvalue weighted by atomic mass is 16.5. The molecule has 0 saturated heterocycles. The average molecular weight is 249 g/mol. The van der Waals surface area contributed by atoms with E-state index in [-0.39, 0.29) is 11.9 Å². The lowest BCUT2D eigenvalue weighted by Gasteiger charge is -2.17. The fourth-order valence-electron chi connectivity index (χ4n) is 1.94. The zero-order valence-corrected chi connectivity index (χ0v) is 11.7. The second kappa shape index (κ2) is 7.17. The third-order valence-corrected chi connectivity index (χ3v) is 3.17. The number of hydrogen-bond acceptors (Lipinski definition) is 2. The summed E-state index contributed by atoms with van der Waals surface area (Å²) in [5.41, 5.74) is 3.68. The lowest BCUT2D eigenvalue weighted by Crippen LogP contribution is -2.28. The van der Waals surface area contributed by atoms with Crippen LogP contribution in [0.3, 0.4) is 0 Å². The molecular weight excluding hydrogens is 226 g/mol. The Morgan fingerprint density at radius 1 is 1.39 bits per heavy atom. The van der Waals surface area contributed by atoms with Gasteiger partial charge < -0.3 is 10.1 Å². The summed E-state index contributed by atoms with van der Waals surface area (Å²) in [5.74, 6) is 0.0388. The normalized spacial score (nSPS) is 12.2. The molecule has 0 aliphatic carbocycles. The van der Waals surface area contributed by atoms with E-state index in [1.807, 2.05) is 19.9 Å². The smallest absolute Gasteiger partial charge is 0.222 e. The van der Waals surface area contributed by atoms with Gasteiger partial charge in [0.15, 0.2) is 0 Å². The van der Waals surface area contributed by atoms with E-state index >= 15 is 0 Å². The second-order valence-corrected chi connectivity index (χ2v) is 4.53. The first-order chi connectivity index (χ1) is 8.56. The monoisotopic (exact) mass is 249 g/mol. The van der Waals surface area contributed by atoms with Crippen molar-refractivity contribution in [2.24, 2.45) is 0 Å². The predicted molar refractivity (Wildman–Crippen MR) is 73.6 cm³/mol. The van der Waals surface area contributed by atoms with Crippen molar-refractivity contribution in [1.29, 1.82) is 0 Å². The van der Waals surface area contributed by atoms with E-state index in [1.54, 1.807) is 0 Å². The number of aryl methyl sites for hydroxylation is 1. The van der Waals surface area contributed by atoms with Crippen LogP contribution in [0.15, 0.2) is 18.2 Å². The summed E-state index contributed by atoms with van der Waals surface area (Å²) in [4.78, 5) is 11.7. The maximum absolute atomic E-state index is 11.7. The van der Waals surface area contributed by atoms with Crippen LogP contribution >= 0.6 is 0 Å². The second-order valence-electron chi connectivity index (χ2n) is 4.53. The topological polar surface area (TPSA) is 38.3 Å². The van der Waals surface area contributed by atoms with Gasteiger partial charge >= 0.3 is 0 Å². The standard InChI is InChI=1S/C15H23NO2/c1-5-18-10-9-15(17)16-13(4)14-8-6-7-11(2)12(14)3/h6-8,13H,5,9-10H2,1-4H3,(H,16,17)/t13-/m0/s1. The van der Waals surface area contributed by atoms with Gasteiger partial charge in [-0.1, -0.05) is 18.2 Å². The molecule has 0 unspecified atom stereocenters. The van der Waals surface area contributed by atoms with Crippen LogP contribution in [0.5, 0.6) is 0 Å². The van der Waals surface area contributed by atoms with E-state index in [9.17, 15) is 4.79 Å². The van der Waals surface area contributed by atoms with Crippen LogP contribution < -0.4 is 5.32 Å². The van der Waals surface area contributed by atoms with Gasteiger partial charge in [-0.25, -0.2) is 0 Å². The molecule has 3 heteroatoms. The number of nitrogens with one attached hydrogen (secondary N) is 1. The van der Waals surface area contributed by atoms with Gasteiger partial charge in [0.05, 0.1) is 12.6 Å². The van der Waals surface area contributed by atoms with E-state index in [2.05, 4.69) is 31.3 Å². The van der Waals surface area contributed by atoms with Crippen LogP contribution in [0.25, 0.3) is 0 Å². The number of ether oxygens (including phenoxy) is 1. The van der Waals surface area contributed by atoms with Crippen molar-refractivity contribution in [1.82, 2.24) is 5.32 Å². The van der Waals surface area contributed by atoms with Gasteiger partial charge in [-0.3, -0.25) is 4.79 Å². The van der Waals surface area contributed by atoms with Crippen molar-refractivity contribution in [3.8, 4) is 0 Å². The molecule has 1 rings (SSSR count). The van der Waals surface area contributed by atoms with E-state index in [0.717, 1.165) is 0 Å². The fourth-order valence-corrected chi connectivity index (χ4v) is 1.94. The zero-order chi connectivity index (χ0) is 13.5. The van der Waals surface area contributed by atoms with Crippen molar-refractivity contribution in [2.75, 3.05) is 13.2 Å². The van der Waals surface area contributed by atoms with Crippen LogP contribution in [-0.2, 0) is 9.53 Å². The van der Waals surface area contributed by atoms with E-state index < -0.39 is 0 Å². The van der Waals surface area contributed by atoms with Gasteiger partial charge in [0.1, 0.15) is 0 Å². The number of rotatable bonds is 6. The predicted octanol–water partition coefficient (Wildman–Crippen LogP) is 2.91. The summed E-state index contributed by atoms with van der Waals surface area (Å²) in [5, 5.41) is 3.00. The first-order valence-electron chi connectivity index (χ1n) is 6.49. The molecular formula is C15H23NO2. The molecule has 0 radical (unpaired) electrons. The molecule has 0 fully saturated rings. The van der Waals surface area contributed by atoms with Crippen molar-refractivity contribution in [2.45, 2.75) is 40.2 Å². The summed E-state index contributed by atoms with van der Waals surface area (Å²) < 4.78 is 5.17. The van der Waals surface area contributed by atoms with E-state index in [4.69, 9.17) is 4.74 Å². The zero-order valence-electron chi connectivity index (χ0n) is 11.7. The van der Waals surface area contributed by atoms with Gasteiger partial charge in [-0.05, 0) is 44.4 Å². The third-order valence-electron chi connectivity index (χ3n) is 3.17. The Hall–Kier alpha value is -1.35. The summed E-state index contributed by atoms with van der Waals surface area (Å²) in [6, 6.07) is 6.22. The Morgan fingerprint density at radius 2 is 2.11 bits per heavy atom. The van der Waals surface area contributed by atoms with E-state index in [1.165, 1.54) is 16.7 Å². The Balaban J connectivity index is 2.57. The quantitative estimate of drug-likeness (QED) is 0.787. The third kappa shape index (κ3) is 4.15. The summed E-state index contributed by atoms with van der Waals surface area (Å²) in [7, 11) is 0. The van der Waals surface area contributed by atoms with Crippen LogP contribution in [-0.4, -0.2) is 19.1 Å². The molecule has 1 atom stereocenters. The molecule has 1 amide bonds. The molecule has 0 aromatic heterocycles. The minimum atomic E-state index is 0.0388. The van der Waals surface area contributed by atoms with Crippen molar-refractivity contribution >= 4 is 5.91 Å². The Bertz CT molecular complexity index is 401. The van der Waals surface area contributed by atoms with E-state index in [0.29, 0.717) is 19.6 Å². The number of hydrogen-bond donors (Lipinski definition) is 1. The molecule has 1 aromatic carbocycles. The number of benzene rings is 1. The Morgan fingerprint density at radius 3 is 2.78 bits per heavy atom. The highest BCUT2D eigenvalue weighted by molar-refractivity contribution is 5.76. The van der Waals surface area contributed by atoms with Gasteiger partial charge in [0, 0.05) is 13.0 Å². The molecule has 0 saturated carbocycles. The molecule has 100 valence electrons. The van der Waals surface area contributed by atoms with Crippen LogP contribution in [0.1, 0.15) is 43.0 Å². The summed E-state index contributed by atoms with van der Waals surface area (Å²) >= 11 is 0. The summed E-state index contributed by atoms with van der Waals surface area (Å²) in [6.07, 6.45) is 0.420. The Kier molecular flexibility index (Phi) is 5.86. The molecule has 0 aliphatic heterocycles. The van der Waals surface area contributed by atoms with Crippen molar-refractivity contribution in [3.63, 3.8) is 0 Å². The molecule has 3 nitrogen and oxygen atoms in total. The maximum atomic E-state index is 11.7. The molecule has 0 bridgehead atoms. The highest BCUT2D eigenvalue weighted by Crippen LogP contribution is 2.19. The molecule has 1 N–H and O–H groups in total. The minimum Gasteiger partial charge on any atom is -0.381 e. The number of carbonyl (C=O) groups is 1. The van der Waals surface area contributed by atoms with Crippen molar-refractivity contribution < 1.29 is 9.53 Å². The molecule has 1 aromatic rings. The number of carbonyl (C=O) groups excluding carboxylic acids is 1. The van der Waals surface area contributed by atoms with Crippen LogP contribution in [0.2, 0.25) is 0 Å². The lowest BCUT2D eigenvalue weighted by atomic mass is 9.98. The molecule has 0 aliphatic rings. The lowest BCUT2D eigenvalue weighted by molar-refractivity contribution is -0.122. The minimum absolute atomic E-state index is 0.0388. The van der Waals surface area contributed by atoms with Gasteiger partial charge in [-0.15, -0.1) is 0 Å². The number of amides is 1. The van der Waals surface area contributed by atoms with Crippen LogP contribution in [0.4, 0.5) is 0 Å².